The van der Waals surface area contributed by atoms with Crippen molar-refractivity contribution in [1.82, 2.24) is 4.90 Å². The average Bonchev–Trinajstić information content (AvgIpc) is 2.14. The molecule has 0 aromatic heterocycles. The molecule has 0 aliphatic heterocycles. The first kappa shape index (κ1) is 14.7. The number of carbonyl (C=O) groups excluding carboxylic acids is 1. The number of rotatable bonds is 2. The molecule has 0 bridgehead atoms. The molecular weight excluding hydrogens is 204 g/mol. The second-order valence-corrected chi connectivity index (χ2v) is 4.51. The van der Waals surface area contributed by atoms with Crippen molar-refractivity contribution in [3.8, 4) is 0 Å². The van der Waals surface area contributed by atoms with Gasteiger partial charge in [0.15, 0.2) is 0 Å². The molecule has 0 radical (unpaired) electrons. The van der Waals surface area contributed by atoms with Gasteiger partial charge < -0.3 is 4.74 Å². The predicted octanol–water partition coefficient (Wildman–Crippen LogP) is 3.20. The fourth-order valence-corrected chi connectivity index (χ4v) is 0.815. The van der Waals surface area contributed by atoms with Gasteiger partial charge in [0.1, 0.15) is 11.4 Å². The summed E-state index contributed by atoms with van der Waals surface area (Å²) in [4.78, 5) is 17.2. The smallest absolute Gasteiger partial charge is 0.415 e. The number of hydrogen-bond donors (Lipinski definition) is 0. The maximum Gasteiger partial charge on any atom is 0.415 e. The Bertz CT molecular complexity index is 288. The highest BCUT2D eigenvalue weighted by Gasteiger charge is 2.20. The van der Waals surface area contributed by atoms with E-state index in [2.05, 4.69) is 4.99 Å². The Hall–Kier alpha value is -1.32. The van der Waals surface area contributed by atoms with Crippen molar-refractivity contribution in [1.29, 1.82) is 0 Å². The third-order valence-corrected chi connectivity index (χ3v) is 1.76. The molecule has 0 fully saturated rings. The summed E-state index contributed by atoms with van der Waals surface area (Å²) < 4.78 is 5.21. The summed E-state index contributed by atoms with van der Waals surface area (Å²) in [5.41, 5.74) is -0.481. The van der Waals surface area contributed by atoms with Crippen LogP contribution in [0.3, 0.4) is 0 Å². The first-order valence-corrected chi connectivity index (χ1v) is 5.44. The number of hydrogen-bond acceptors (Lipinski definition) is 3. The van der Waals surface area contributed by atoms with E-state index in [1.165, 1.54) is 4.90 Å². The van der Waals surface area contributed by atoms with Gasteiger partial charge in [0.2, 0.25) is 0 Å². The second kappa shape index (κ2) is 6.30. The third-order valence-electron chi connectivity index (χ3n) is 1.76. The quantitative estimate of drug-likeness (QED) is 0.536. The number of allylic oxidation sites excluding steroid dienone is 1. The Kier molecular flexibility index (Phi) is 5.78. The zero-order valence-electron chi connectivity index (χ0n) is 11.1. The van der Waals surface area contributed by atoms with Crippen LogP contribution in [0.4, 0.5) is 4.79 Å². The average molecular weight is 226 g/mol. The van der Waals surface area contributed by atoms with E-state index in [0.717, 1.165) is 6.42 Å². The summed E-state index contributed by atoms with van der Waals surface area (Å²) in [6, 6.07) is 0. The molecule has 4 nitrogen and oxygen atoms in total. The van der Waals surface area contributed by atoms with Crippen LogP contribution in [0, 0.1) is 0 Å². The minimum absolute atomic E-state index is 0.390. The van der Waals surface area contributed by atoms with Crippen LogP contribution in [-0.2, 0) is 4.74 Å². The molecule has 0 spiro atoms. The molecule has 0 aliphatic carbocycles. The van der Waals surface area contributed by atoms with E-state index < -0.39 is 11.7 Å². The van der Waals surface area contributed by atoms with Gasteiger partial charge in [0.25, 0.3) is 0 Å². The summed E-state index contributed by atoms with van der Waals surface area (Å²) in [5.74, 6) is 0.610. The maximum atomic E-state index is 11.6. The van der Waals surface area contributed by atoms with Gasteiger partial charge in [-0.2, -0.15) is 0 Å². The molecule has 0 atom stereocenters. The minimum atomic E-state index is -0.481. The van der Waals surface area contributed by atoms with E-state index in [1.54, 1.807) is 20.2 Å². The van der Waals surface area contributed by atoms with Crippen molar-refractivity contribution in [3.05, 3.63) is 12.3 Å². The van der Waals surface area contributed by atoms with Crippen LogP contribution in [-0.4, -0.2) is 29.5 Å². The lowest BCUT2D eigenvalue weighted by molar-refractivity contribution is 0.0401. The Morgan fingerprint density at radius 1 is 1.44 bits per heavy atom. The SMILES string of the molecule is CC/C=C\N=C(C)N(C)C(=O)OC(C)(C)C. The van der Waals surface area contributed by atoms with Gasteiger partial charge in [-0.05, 0) is 34.1 Å². The molecule has 92 valence electrons. The van der Waals surface area contributed by atoms with Crippen LogP contribution in [0.25, 0.3) is 0 Å². The summed E-state index contributed by atoms with van der Waals surface area (Å²) in [7, 11) is 1.65. The number of aliphatic imine (C=N–C) groups is 1. The molecule has 0 saturated carbocycles. The highest BCUT2D eigenvalue weighted by Crippen LogP contribution is 2.09. The lowest BCUT2D eigenvalue weighted by Crippen LogP contribution is -2.36. The topological polar surface area (TPSA) is 41.9 Å². The zero-order valence-corrected chi connectivity index (χ0v) is 11.1. The van der Waals surface area contributed by atoms with Crippen molar-refractivity contribution >= 4 is 11.9 Å². The molecule has 0 aromatic carbocycles. The number of carbonyl (C=O) groups is 1. The summed E-state index contributed by atoms with van der Waals surface area (Å²) in [6.07, 6.45) is 4.15. The third kappa shape index (κ3) is 6.22. The fraction of sp³-hybridized carbons (Fsp3) is 0.667. The number of nitrogens with zero attached hydrogens (tertiary/aromatic N) is 2. The molecule has 1 amide bonds. The van der Waals surface area contributed by atoms with Gasteiger partial charge in [0.05, 0.1) is 0 Å². The van der Waals surface area contributed by atoms with Crippen LogP contribution in [0.5, 0.6) is 0 Å². The van der Waals surface area contributed by atoms with Crippen LogP contribution in [0.1, 0.15) is 41.0 Å². The Morgan fingerprint density at radius 2 is 2.00 bits per heavy atom. The molecule has 0 saturated heterocycles. The van der Waals surface area contributed by atoms with Gasteiger partial charge in [-0.1, -0.05) is 13.0 Å². The summed E-state index contributed by atoms with van der Waals surface area (Å²) in [5, 5.41) is 0. The van der Waals surface area contributed by atoms with Crippen molar-refractivity contribution in [3.63, 3.8) is 0 Å². The minimum Gasteiger partial charge on any atom is -0.443 e. The lowest BCUT2D eigenvalue weighted by Gasteiger charge is -2.24. The van der Waals surface area contributed by atoms with E-state index in [0.29, 0.717) is 5.84 Å². The Morgan fingerprint density at radius 3 is 2.44 bits per heavy atom. The van der Waals surface area contributed by atoms with E-state index in [4.69, 9.17) is 4.74 Å². The molecule has 0 heterocycles. The number of amidine groups is 1. The van der Waals surface area contributed by atoms with Crippen LogP contribution in [0.15, 0.2) is 17.3 Å². The van der Waals surface area contributed by atoms with E-state index >= 15 is 0 Å². The number of amides is 1. The fourth-order valence-electron chi connectivity index (χ4n) is 0.815. The first-order chi connectivity index (χ1) is 7.28. The molecule has 0 unspecified atom stereocenters. The molecule has 4 heteroatoms. The predicted molar refractivity (Wildman–Crippen MR) is 66.5 cm³/mol. The normalized spacial score (nSPS) is 13.0. The standard InChI is InChI=1S/C12H22N2O2/c1-7-8-9-13-10(2)14(6)11(15)16-12(3,4)5/h8-9H,7H2,1-6H3/b9-8-,13-10?. The molecule has 0 N–H and O–H groups in total. The maximum absolute atomic E-state index is 11.6. The van der Waals surface area contributed by atoms with Crippen molar-refractivity contribution in [2.24, 2.45) is 4.99 Å². The van der Waals surface area contributed by atoms with Gasteiger partial charge in [-0.15, -0.1) is 0 Å². The highest BCUT2D eigenvalue weighted by molar-refractivity contribution is 5.93. The monoisotopic (exact) mass is 226 g/mol. The van der Waals surface area contributed by atoms with Crippen molar-refractivity contribution < 1.29 is 9.53 Å². The molecule has 0 rings (SSSR count). The highest BCUT2D eigenvalue weighted by atomic mass is 16.6. The number of ether oxygens (including phenoxy) is 1. The Labute approximate surface area is 98.0 Å². The van der Waals surface area contributed by atoms with Crippen molar-refractivity contribution in [2.45, 2.75) is 46.6 Å². The van der Waals surface area contributed by atoms with Crippen molar-refractivity contribution in [2.75, 3.05) is 7.05 Å². The molecule has 0 aromatic rings. The van der Waals surface area contributed by atoms with Gasteiger partial charge in [-0.3, -0.25) is 4.90 Å². The van der Waals surface area contributed by atoms with Gasteiger partial charge in [0, 0.05) is 13.2 Å². The van der Waals surface area contributed by atoms with Gasteiger partial charge >= 0.3 is 6.09 Å². The van der Waals surface area contributed by atoms with E-state index in [1.807, 2.05) is 33.8 Å². The molecule has 16 heavy (non-hydrogen) atoms. The van der Waals surface area contributed by atoms with E-state index in [9.17, 15) is 4.79 Å². The summed E-state index contributed by atoms with van der Waals surface area (Å²) >= 11 is 0. The van der Waals surface area contributed by atoms with Crippen LogP contribution in [0.2, 0.25) is 0 Å². The zero-order chi connectivity index (χ0) is 12.8. The lowest BCUT2D eigenvalue weighted by atomic mass is 10.2. The first-order valence-electron chi connectivity index (χ1n) is 5.44. The second-order valence-electron chi connectivity index (χ2n) is 4.51. The largest absolute Gasteiger partial charge is 0.443 e. The Balaban J connectivity index is 4.44. The molecular formula is C12H22N2O2. The molecule has 0 aliphatic rings. The van der Waals surface area contributed by atoms with E-state index in [-0.39, 0.29) is 0 Å². The van der Waals surface area contributed by atoms with Crippen LogP contribution < -0.4 is 0 Å². The summed E-state index contributed by atoms with van der Waals surface area (Å²) in [6.45, 7) is 9.30. The van der Waals surface area contributed by atoms with Crippen LogP contribution >= 0.6 is 0 Å². The van der Waals surface area contributed by atoms with Gasteiger partial charge in [-0.25, -0.2) is 9.79 Å².